The van der Waals surface area contributed by atoms with Crippen LogP contribution in [0.15, 0.2) is 29.2 Å². The lowest BCUT2D eigenvalue weighted by Gasteiger charge is -1.95. The van der Waals surface area contributed by atoms with Gasteiger partial charge in [-0.2, -0.15) is 0 Å². The molecule has 1 rings (SSSR count). The monoisotopic (exact) mass is 182 g/mol. The summed E-state index contributed by atoms with van der Waals surface area (Å²) in [6.07, 6.45) is 4.06. The number of hydrogen-bond acceptors (Lipinski definition) is 1. The first-order chi connectivity index (χ1) is 5.72. The van der Waals surface area contributed by atoms with Gasteiger partial charge in [-0.15, -0.1) is 11.8 Å². The number of hydrogen-bond donors (Lipinski definition) is 0. The molecule has 1 aromatic rings. The van der Waals surface area contributed by atoms with Crippen molar-refractivity contribution in [2.24, 2.45) is 0 Å². The van der Waals surface area contributed by atoms with Crippen molar-refractivity contribution < 1.29 is 4.39 Å². The van der Waals surface area contributed by atoms with E-state index in [0.29, 0.717) is 0 Å². The van der Waals surface area contributed by atoms with E-state index in [1.165, 1.54) is 17.0 Å². The van der Waals surface area contributed by atoms with E-state index in [1.54, 1.807) is 23.9 Å². The molecule has 0 aromatic heterocycles. The van der Waals surface area contributed by atoms with Crippen molar-refractivity contribution in [1.82, 2.24) is 0 Å². The van der Waals surface area contributed by atoms with Crippen LogP contribution in [0.3, 0.4) is 0 Å². The summed E-state index contributed by atoms with van der Waals surface area (Å²) in [5, 5.41) is 0. The quantitative estimate of drug-likeness (QED) is 0.674. The average Bonchev–Trinajstić information content (AvgIpc) is 2.09. The van der Waals surface area contributed by atoms with Gasteiger partial charge in [0, 0.05) is 0 Å². The van der Waals surface area contributed by atoms with Gasteiger partial charge in [-0.1, -0.05) is 12.1 Å². The molecule has 0 atom stereocenters. The van der Waals surface area contributed by atoms with Gasteiger partial charge in [0.25, 0.3) is 0 Å². The molecule has 0 amide bonds. The zero-order chi connectivity index (χ0) is 8.97. The summed E-state index contributed by atoms with van der Waals surface area (Å²) < 4.78 is 12.5. The Morgan fingerprint density at radius 3 is 2.42 bits per heavy atom. The molecule has 0 aliphatic rings. The highest BCUT2D eigenvalue weighted by molar-refractivity contribution is 8.02. The van der Waals surface area contributed by atoms with E-state index in [2.05, 4.69) is 0 Å². The van der Waals surface area contributed by atoms with Gasteiger partial charge in [-0.3, -0.25) is 0 Å². The predicted octanol–water partition coefficient (Wildman–Crippen LogP) is 3.55. The normalized spacial score (nSPS) is 11.8. The van der Waals surface area contributed by atoms with E-state index >= 15 is 0 Å². The Hall–Kier alpha value is -0.760. The lowest BCUT2D eigenvalue weighted by atomic mass is 10.2. The van der Waals surface area contributed by atoms with E-state index in [-0.39, 0.29) is 5.82 Å². The second-order valence-corrected chi connectivity index (χ2v) is 3.56. The molecule has 0 saturated carbocycles. The fraction of sp³-hybridized carbons (Fsp3) is 0.200. The highest BCUT2D eigenvalue weighted by Gasteiger charge is 1.90. The van der Waals surface area contributed by atoms with Crippen molar-refractivity contribution in [2.45, 2.75) is 6.92 Å². The third kappa shape index (κ3) is 2.70. The van der Waals surface area contributed by atoms with Gasteiger partial charge in [0.2, 0.25) is 0 Å². The van der Waals surface area contributed by atoms with Gasteiger partial charge in [-0.05, 0) is 41.9 Å². The van der Waals surface area contributed by atoms with Crippen LogP contribution >= 0.6 is 11.8 Å². The van der Waals surface area contributed by atoms with Crippen molar-refractivity contribution in [1.29, 1.82) is 0 Å². The number of allylic oxidation sites excluding steroid dienone is 1. The van der Waals surface area contributed by atoms with Crippen molar-refractivity contribution >= 4 is 17.8 Å². The molecule has 2 heteroatoms. The predicted molar refractivity (Wildman–Crippen MR) is 53.6 cm³/mol. The molecule has 0 saturated heterocycles. The molecular weight excluding hydrogens is 171 g/mol. The molecule has 1 aromatic carbocycles. The second kappa shape index (κ2) is 4.31. The minimum Gasteiger partial charge on any atom is -0.207 e. The largest absolute Gasteiger partial charge is 0.207 e. The van der Waals surface area contributed by atoms with Crippen LogP contribution in [0.5, 0.6) is 0 Å². The minimum atomic E-state index is -0.186. The van der Waals surface area contributed by atoms with Gasteiger partial charge in [0.1, 0.15) is 5.82 Å². The van der Waals surface area contributed by atoms with Crippen LogP contribution in [0.1, 0.15) is 12.5 Å². The first-order valence-corrected chi connectivity index (χ1v) is 4.92. The lowest BCUT2D eigenvalue weighted by Crippen LogP contribution is -1.75. The first-order valence-electron chi connectivity index (χ1n) is 3.70. The van der Waals surface area contributed by atoms with E-state index in [9.17, 15) is 4.39 Å². The molecular formula is C10H11FS. The van der Waals surface area contributed by atoms with Crippen molar-refractivity contribution in [2.75, 3.05) is 6.26 Å². The van der Waals surface area contributed by atoms with Gasteiger partial charge in [-0.25, -0.2) is 4.39 Å². The molecule has 0 bridgehead atoms. The smallest absolute Gasteiger partial charge is 0.123 e. The summed E-state index contributed by atoms with van der Waals surface area (Å²) in [5.74, 6) is -0.186. The Morgan fingerprint density at radius 2 is 1.92 bits per heavy atom. The van der Waals surface area contributed by atoms with E-state index in [0.717, 1.165) is 5.56 Å². The number of thioether (sulfide) groups is 1. The molecule has 12 heavy (non-hydrogen) atoms. The zero-order valence-electron chi connectivity index (χ0n) is 7.17. The van der Waals surface area contributed by atoms with E-state index < -0.39 is 0 Å². The molecule has 0 radical (unpaired) electrons. The van der Waals surface area contributed by atoms with Crippen LogP contribution in [-0.4, -0.2) is 6.26 Å². The summed E-state index contributed by atoms with van der Waals surface area (Å²) in [4.78, 5) is 1.22. The van der Waals surface area contributed by atoms with Gasteiger partial charge >= 0.3 is 0 Å². The molecule has 0 aliphatic heterocycles. The van der Waals surface area contributed by atoms with E-state index in [4.69, 9.17) is 0 Å². The summed E-state index contributed by atoms with van der Waals surface area (Å²) in [6, 6.07) is 6.49. The lowest BCUT2D eigenvalue weighted by molar-refractivity contribution is 0.628. The highest BCUT2D eigenvalue weighted by atomic mass is 32.2. The zero-order valence-corrected chi connectivity index (χ0v) is 7.99. The molecule has 64 valence electrons. The maximum atomic E-state index is 12.5. The summed E-state index contributed by atoms with van der Waals surface area (Å²) in [5.41, 5.74) is 1.04. The van der Waals surface area contributed by atoms with Crippen LogP contribution in [0.4, 0.5) is 4.39 Å². The van der Waals surface area contributed by atoms with E-state index in [1.807, 2.05) is 19.3 Å². The summed E-state index contributed by atoms with van der Waals surface area (Å²) >= 11 is 1.69. The topological polar surface area (TPSA) is 0 Å². The standard InChI is InChI=1S/C10H11FS/c1-8(12-2)7-9-3-5-10(11)6-4-9/h3-7H,1-2H3/b8-7-. The maximum absolute atomic E-state index is 12.5. The van der Waals surface area contributed by atoms with Crippen molar-refractivity contribution in [3.05, 3.63) is 40.6 Å². The Balaban J connectivity index is 2.84. The average molecular weight is 182 g/mol. The van der Waals surface area contributed by atoms with Gasteiger partial charge < -0.3 is 0 Å². The third-order valence-electron chi connectivity index (χ3n) is 1.56. The van der Waals surface area contributed by atoms with Crippen molar-refractivity contribution in [3.8, 4) is 0 Å². The molecule has 0 fully saturated rings. The second-order valence-electron chi connectivity index (χ2n) is 2.51. The number of benzene rings is 1. The highest BCUT2D eigenvalue weighted by Crippen LogP contribution is 2.15. The Bertz CT molecular complexity index is 274. The molecule has 0 heterocycles. The van der Waals surface area contributed by atoms with Crippen LogP contribution in [0.2, 0.25) is 0 Å². The van der Waals surface area contributed by atoms with Crippen molar-refractivity contribution in [3.63, 3.8) is 0 Å². The Labute approximate surface area is 76.5 Å². The SMILES string of the molecule is CS/C(C)=C\c1ccc(F)cc1. The van der Waals surface area contributed by atoms with Gasteiger partial charge in [0.05, 0.1) is 0 Å². The summed E-state index contributed by atoms with van der Waals surface area (Å²) in [7, 11) is 0. The number of rotatable bonds is 2. The fourth-order valence-electron chi connectivity index (χ4n) is 0.853. The number of halogens is 1. The Kier molecular flexibility index (Phi) is 3.35. The van der Waals surface area contributed by atoms with Crippen LogP contribution < -0.4 is 0 Å². The molecule has 0 spiro atoms. The minimum absolute atomic E-state index is 0.186. The fourth-order valence-corrected chi connectivity index (χ4v) is 1.11. The van der Waals surface area contributed by atoms with Crippen LogP contribution in [0, 0.1) is 5.82 Å². The third-order valence-corrected chi connectivity index (χ3v) is 2.32. The Morgan fingerprint density at radius 1 is 1.33 bits per heavy atom. The molecule has 0 nitrogen and oxygen atoms in total. The summed E-state index contributed by atoms with van der Waals surface area (Å²) in [6.45, 7) is 2.04. The maximum Gasteiger partial charge on any atom is 0.123 e. The molecule has 0 N–H and O–H groups in total. The molecule has 0 aliphatic carbocycles. The first kappa shape index (κ1) is 9.33. The van der Waals surface area contributed by atoms with Crippen LogP contribution in [-0.2, 0) is 0 Å². The molecule has 0 unspecified atom stereocenters. The van der Waals surface area contributed by atoms with Gasteiger partial charge in [0.15, 0.2) is 0 Å². The van der Waals surface area contributed by atoms with Crippen LogP contribution in [0.25, 0.3) is 6.08 Å².